The number of carbonyl (C=O) groups is 2. The molecule has 3 fully saturated rings. The molecule has 4 aromatic rings. The van der Waals surface area contributed by atoms with Crippen molar-refractivity contribution < 1.29 is 38.4 Å². The zero-order valence-corrected chi connectivity index (χ0v) is 31.2. The molecule has 11 nitrogen and oxygen atoms in total. The molecule has 3 atom stereocenters. The number of ether oxygens (including phenoxy) is 4. The van der Waals surface area contributed by atoms with Gasteiger partial charge in [-0.25, -0.2) is 9.59 Å². The number of pyridine rings is 1. The third-order valence-corrected chi connectivity index (χ3v) is 11.4. The van der Waals surface area contributed by atoms with Gasteiger partial charge in [-0.2, -0.15) is 4.73 Å². The van der Waals surface area contributed by atoms with Gasteiger partial charge in [0.15, 0.2) is 29.4 Å². The number of thiophene rings is 1. The summed E-state index contributed by atoms with van der Waals surface area (Å²) in [5, 5.41) is 26.3. The maximum Gasteiger partial charge on any atom is 0.348 e. The van der Waals surface area contributed by atoms with E-state index in [0.29, 0.717) is 56.9 Å². The predicted octanol–water partition coefficient (Wildman–Crippen LogP) is 5.85. The maximum absolute atomic E-state index is 14.0. The van der Waals surface area contributed by atoms with E-state index in [4.69, 9.17) is 42.1 Å². The number of hydrogen-bond donors (Lipinski definition) is 2. The van der Waals surface area contributed by atoms with Gasteiger partial charge in [0, 0.05) is 30.0 Å². The van der Waals surface area contributed by atoms with E-state index in [1.807, 2.05) is 25.1 Å². The van der Waals surface area contributed by atoms with Crippen molar-refractivity contribution in [3.05, 3.63) is 115 Å². The molecule has 2 aromatic heterocycles. The van der Waals surface area contributed by atoms with Crippen LogP contribution in [0.15, 0.2) is 73.1 Å². The van der Waals surface area contributed by atoms with E-state index in [2.05, 4.69) is 10.2 Å². The molecule has 0 saturated carbocycles. The first-order valence-electron chi connectivity index (χ1n) is 17.2. The van der Waals surface area contributed by atoms with Gasteiger partial charge < -0.3 is 29.3 Å². The summed E-state index contributed by atoms with van der Waals surface area (Å²) in [6.07, 6.45) is 3.30. The first-order chi connectivity index (χ1) is 25.1. The lowest BCUT2D eigenvalue weighted by Gasteiger charge is -2.45. The molecule has 0 aliphatic carbocycles. The number of hydrogen-bond acceptors (Lipinski definition) is 11. The molecular formula is C38H41Cl2N3O8S. The second-order valence-corrected chi connectivity index (χ2v) is 14.8. The summed E-state index contributed by atoms with van der Waals surface area (Å²) in [7, 11) is 1.53. The first kappa shape index (κ1) is 37.8. The molecule has 0 radical (unpaired) electrons. The van der Waals surface area contributed by atoms with Gasteiger partial charge in [-0.05, 0) is 74.2 Å². The third-order valence-electron chi connectivity index (χ3n) is 9.69. The minimum absolute atomic E-state index is 0.0692. The van der Waals surface area contributed by atoms with Crippen LogP contribution in [0.4, 0.5) is 0 Å². The van der Waals surface area contributed by atoms with Crippen LogP contribution in [-0.4, -0.2) is 68.0 Å². The van der Waals surface area contributed by atoms with E-state index in [1.165, 1.54) is 30.8 Å². The Morgan fingerprint density at radius 2 is 1.81 bits per heavy atom. The molecule has 5 heterocycles. The standard InChI is InChI=1S/C38H41Cl2N3O8S/c1-3-49-33-17-25(9-11-31(33)48-2)32(18-28-29(39)20-43(47)21-30(28)40)50-36(45)35-12-10-27(52-35)19-41-38(23-44,26-7-5-4-6-8-26)37(46)51-34-22-42-15-13-24(34)14-16-42/h4-12,17,20-21,24,32,34,41,44H,3,13-16,18-19,22-23H2,1-2H3/t32-,34-,38+/m0/s1. The number of methoxy groups -OCH3 is 1. The molecule has 2 aromatic carbocycles. The molecule has 0 unspecified atom stereocenters. The highest BCUT2D eigenvalue weighted by Crippen LogP contribution is 2.37. The second-order valence-electron chi connectivity index (χ2n) is 12.9. The summed E-state index contributed by atoms with van der Waals surface area (Å²) in [5.41, 5.74) is 0.0876. The molecule has 52 heavy (non-hydrogen) atoms. The maximum atomic E-state index is 14.0. The number of halogens is 2. The second kappa shape index (κ2) is 16.8. The summed E-state index contributed by atoms with van der Waals surface area (Å²) >= 11 is 14.0. The van der Waals surface area contributed by atoms with Crippen LogP contribution in [0.3, 0.4) is 0 Å². The summed E-state index contributed by atoms with van der Waals surface area (Å²) in [5.74, 6) is 0.141. The molecule has 2 N–H and O–H groups in total. The lowest BCUT2D eigenvalue weighted by molar-refractivity contribution is -0.605. The number of esters is 2. The fraction of sp³-hybridized carbons (Fsp3) is 0.395. The lowest BCUT2D eigenvalue weighted by atomic mass is 9.85. The molecule has 3 aliphatic rings. The van der Waals surface area contributed by atoms with Crippen molar-refractivity contribution in [3.8, 4) is 11.5 Å². The number of aromatic nitrogens is 1. The number of aliphatic hydroxyl groups excluding tert-OH is 1. The Hall–Kier alpha value is -3.91. The summed E-state index contributed by atoms with van der Waals surface area (Å²) in [6.45, 7) is 4.57. The molecule has 7 rings (SSSR count). The van der Waals surface area contributed by atoms with Crippen molar-refractivity contribution in [2.75, 3.05) is 40.0 Å². The quantitative estimate of drug-likeness (QED) is 0.0862. The fourth-order valence-corrected chi connectivity index (χ4v) is 8.25. The van der Waals surface area contributed by atoms with Crippen LogP contribution in [0.1, 0.15) is 57.1 Å². The molecule has 14 heteroatoms. The lowest BCUT2D eigenvalue weighted by Crippen LogP contribution is -2.57. The highest BCUT2D eigenvalue weighted by atomic mass is 35.5. The summed E-state index contributed by atoms with van der Waals surface area (Å²) in [6, 6.07) is 17.7. The average molecular weight is 771 g/mol. The number of rotatable bonds is 15. The Morgan fingerprint density at radius 1 is 1.08 bits per heavy atom. The smallest absolute Gasteiger partial charge is 0.348 e. The topological polar surface area (TPSA) is 134 Å². The number of benzene rings is 2. The van der Waals surface area contributed by atoms with Crippen LogP contribution in [-0.2, 0) is 32.8 Å². The molecule has 276 valence electrons. The number of nitrogens with zero attached hydrogens (tertiary/aromatic N) is 2. The van der Waals surface area contributed by atoms with Crippen molar-refractivity contribution >= 4 is 46.5 Å². The Balaban J connectivity index is 1.22. The highest BCUT2D eigenvalue weighted by molar-refractivity contribution is 7.13. The van der Waals surface area contributed by atoms with Crippen LogP contribution < -0.4 is 19.5 Å². The fourth-order valence-electron chi connectivity index (χ4n) is 6.82. The van der Waals surface area contributed by atoms with Crippen LogP contribution in [0.5, 0.6) is 11.5 Å². The molecule has 3 saturated heterocycles. The van der Waals surface area contributed by atoms with Gasteiger partial charge in [-0.1, -0.05) is 59.6 Å². The van der Waals surface area contributed by atoms with Gasteiger partial charge in [0.25, 0.3) is 0 Å². The zero-order valence-electron chi connectivity index (χ0n) is 28.9. The van der Waals surface area contributed by atoms with E-state index < -0.39 is 30.2 Å². The van der Waals surface area contributed by atoms with Gasteiger partial charge in [-0.15, -0.1) is 11.3 Å². The number of fused-ring (bicyclic) bond motifs is 3. The molecule has 2 bridgehead atoms. The largest absolute Gasteiger partial charge is 0.619 e. The van der Waals surface area contributed by atoms with Gasteiger partial charge in [-0.3, -0.25) is 10.2 Å². The Bertz CT molecular complexity index is 1850. The number of carbonyl (C=O) groups excluding carboxylic acids is 2. The Kier molecular flexibility index (Phi) is 12.2. The molecule has 0 amide bonds. The Labute approximate surface area is 316 Å². The third kappa shape index (κ3) is 8.33. The minimum atomic E-state index is -1.52. The summed E-state index contributed by atoms with van der Waals surface area (Å²) < 4.78 is 24.0. The average Bonchev–Trinajstić information content (AvgIpc) is 3.63. The van der Waals surface area contributed by atoms with E-state index in [0.717, 1.165) is 30.8 Å². The molecular weight excluding hydrogens is 729 g/mol. The van der Waals surface area contributed by atoms with Crippen LogP contribution in [0.25, 0.3) is 0 Å². The number of aliphatic hydroxyl groups is 1. The van der Waals surface area contributed by atoms with E-state index in [9.17, 15) is 19.9 Å². The summed E-state index contributed by atoms with van der Waals surface area (Å²) in [4.78, 5) is 31.0. The SMILES string of the molecule is CCOc1cc([C@H](Cc2c(Cl)c[n+]([O-])cc2Cl)OC(=O)c2ccc(CN[C@@](CO)(C(=O)O[C@H]3CN4CCC3CC4)c3ccccc3)s2)ccc1OC. The molecule has 3 aliphatic heterocycles. The first-order valence-corrected chi connectivity index (χ1v) is 18.7. The van der Waals surface area contributed by atoms with Crippen LogP contribution in [0.2, 0.25) is 10.0 Å². The van der Waals surface area contributed by atoms with Gasteiger partial charge in [0.2, 0.25) is 0 Å². The number of piperidine rings is 3. The van der Waals surface area contributed by atoms with Gasteiger partial charge in [0.05, 0.1) is 20.3 Å². The van der Waals surface area contributed by atoms with Crippen molar-refractivity contribution in [3.63, 3.8) is 0 Å². The Morgan fingerprint density at radius 3 is 2.44 bits per heavy atom. The van der Waals surface area contributed by atoms with Crippen LogP contribution >= 0.6 is 34.5 Å². The van der Waals surface area contributed by atoms with E-state index in [1.54, 1.807) is 42.5 Å². The predicted molar refractivity (Wildman–Crippen MR) is 197 cm³/mol. The van der Waals surface area contributed by atoms with Crippen molar-refractivity contribution in [2.45, 2.75) is 50.5 Å². The minimum Gasteiger partial charge on any atom is -0.619 e. The normalized spacial score (nSPS) is 19.8. The van der Waals surface area contributed by atoms with Crippen molar-refractivity contribution in [2.24, 2.45) is 5.92 Å². The highest BCUT2D eigenvalue weighted by Gasteiger charge is 2.45. The zero-order chi connectivity index (χ0) is 36.8. The van der Waals surface area contributed by atoms with Crippen molar-refractivity contribution in [1.29, 1.82) is 0 Å². The monoisotopic (exact) mass is 769 g/mol. The molecule has 0 spiro atoms. The van der Waals surface area contributed by atoms with E-state index >= 15 is 0 Å². The van der Waals surface area contributed by atoms with Gasteiger partial charge >= 0.3 is 11.9 Å². The van der Waals surface area contributed by atoms with Crippen LogP contribution in [0, 0.1) is 11.1 Å². The van der Waals surface area contributed by atoms with Gasteiger partial charge in [0.1, 0.15) is 27.1 Å². The van der Waals surface area contributed by atoms with Crippen molar-refractivity contribution in [1.82, 2.24) is 10.2 Å². The number of nitrogens with one attached hydrogen (secondary N) is 1. The van der Waals surface area contributed by atoms with E-state index in [-0.39, 0.29) is 29.1 Å².